The highest BCUT2D eigenvalue weighted by Gasteiger charge is 2.31. The van der Waals surface area contributed by atoms with Crippen LogP contribution >= 0.6 is 0 Å². The van der Waals surface area contributed by atoms with Crippen LogP contribution in [-0.4, -0.2) is 63.9 Å². The summed E-state index contributed by atoms with van der Waals surface area (Å²) in [4.78, 5) is 2.42. The fourth-order valence-corrected chi connectivity index (χ4v) is 3.01. The molecule has 0 aromatic heterocycles. The third-order valence-electron chi connectivity index (χ3n) is 3.95. The molecule has 4 heteroatoms. The Morgan fingerprint density at radius 3 is 2.75 bits per heavy atom. The predicted molar refractivity (Wildman–Crippen MR) is 65.7 cm³/mol. The molecule has 2 atom stereocenters. The van der Waals surface area contributed by atoms with E-state index in [-0.39, 0.29) is 0 Å². The average molecular weight is 227 g/mol. The fraction of sp³-hybridized carbons (Fsp3) is 1.00. The molecule has 2 heterocycles. The van der Waals surface area contributed by atoms with Gasteiger partial charge in [-0.1, -0.05) is 0 Å². The van der Waals surface area contributed by atoms with Crippen molar-refractivity contribution < 1.29 is 4.74 Å². The molecule has 0 spiro atoms. The van der Waals surface area contributed by atoms with E-state index < -0.39 is 0 Å². The molecule has 2 saturated heterocycles. The second-order valence-corrected chi connectivity index (χ2v) is 5.09. The van der Waals surface area contributed by atoms with Gasteiger partial charge in [0.05, 0.1) is 0 Å². The van der Waals surface area contributed by atoms with Gasteiger partial charge in [-0.2, -0.15) is 0 Å². The Balaban J connectivity index is 1.91. The first-order valence-electron chi connectivity index (χ1n) is 6.48. The Morgan fingerprint density at radius 2 is 2.12 bits per heavy atom. The molecular formula is C12H25N3O. The number of hydrogen-bond acceptors (Lipinski definition) is 4. The van der Waals surface area contributed by atoms with Crippen molar-refractivity contribution in [1.29, 1.82) is 0 Å². The number of nitrogens with one attached hydrogen (secondary N) is 2. The van der Waals surface area contributed by atoms with Gasteiger partial charge >= 0.3 is 0 Å². The van der Waals surface area contributed by atoms with Crippen molar-refractivity contribution in [3.8, 4) is 0 Å². The first-order chi connectivity index (χ1) is 7.81. The summed E-state index contributed by atoms with van der Waals surface area (Å²) in [5.74, 6) is 0.766. The lowest BCUT2D eigenvalue weighted by Crippen LogP contribution is -2.60. The highest BCUT2D eigenvalue weighted by Crippen LogP contribution is 2.21. The lowest BCUT2D eigenvalue weighted by atomic mass is 9.86. The molecule has 2 aliphatic rings. The molecule has 4 nitrogen and oxygen atoms in total. The topological polar surface area (TPSA) is 36.5 Å². The number of nitrogens with zero attached hydrogens (tertiary/aromatic N) is 1. The average Bonchev–Trinajstić information content (AvgIpc) is 2.31. The molecule has 2 aliphatic heterocycles. The van der Waals surface area contributed by atoms with Gasteiger partial charge in [0.2, 0.25) is 0 Å². The second kappa shape index (κ2) is 5.96. The Hall–Kier alpha value is -0.160. The minimum Gasteiger partial charge on any atom is -0.381 e. The van der Waals surface area contributed by atoms with Gasteiger partial charge in [-0.25, -0.2) is 0 Å². The van der Waals surface area contributed by atoms with Crippen LogP contribution in [0.25, 0.3) is 0 Å². The molecule has 2 fully saturated rings. The first kappa shape index (κ1) is 12.3. The van der Waals surface area contributed by atoms with E-state index in [1.807, 2.05) is 0 Å². The minimum absolute atomic E-state index is 0.589. The second-order valence-electron chi connectivity index (χ2n) is 5.09. The summed E-state index contributed by atoms with van der Waals surface area (Å²) in [7, 11) is 4.31. The number of piperazine rings is 1. The number of hydrogen-bond donors (Lipinski definition) is 2. The normalized spacial score (nSPS) is 31.5. The third kappa shape index (κ3) is 2.94. The van der Waals surface area contributed by atoms with E-state index in [4.69, 9.17) is 4.74 Å². The van der Waals surface area contributed by atoms with Gasteiger partial charge < -0.3 is 20.3 Å². The van der Waals surface area contributed by atoms with Crippen molar-refractivity contribution in [3.63, 3.8) is 0 Å². The molecule has 0 aliphatic carbocycles. The largest absolute Gasteiger partial charge is 0.381 e. The third-order valence-corrected chi connectivity index (χ3v) is 3.95. The molecule has 0 bridgehead atoms. The minimum atomic E-state index is 0.589. The summed E-state index contributed by atoms with van der Waals surface area (Å²) in [5, 5.41) is 7.17. The molecule has 0 radical (unpaired) electrons. The standard InChI is InChI=1S/C12H25N3O/c1-13-12(10-3-7-16-8-4-10)11-9-15(2)6-5-14-11/h10-14H,3-9H2,1-2H3. The van der Waals surface area contributed by atoms with Gasteiger partial charge in [0.25, 0.3) is 0 Å². The van der Waals surface area contributed by atoms with Gasteiger partial charge in [-0.3, -0.25) is 0 Å². The molecule has 2 rings (SSSR count). The molecule has 0 aromatic rings. The van der Waals surface area contributed by atoms with Crippen LogP contribution in [0.2, 0.25) is 0 Å². The van der Waals surface area contributed by atoms with E-state index in [9.17, 15) is 0 Å². The van der Waals surface area contributed by atoms with E-state index in [0.29, 0.717) is 12.1 Å². The monoisotopic (exact) mass is 227 g/mol. The van der Waals surface area contributed by atoms with Crippen LogP contribution in [0.5, 0.6) is 0 Å². The van der Waals surface area contributed by atoms with Gasteiger partial charge in [0, 0.05) is 44.9 Å². The number of ether oxygens (including phenoxy) is 1. The highest BCUT2D eigenvalue weighted by molar-refractivity contribution is 4.91. The first-order valence-corrected chi connectivity index (χ1v) is 6.48. The quantitative estimate of drug-likeness (QED) is 0.706. The Morgan fingerprint density at radius 1 is 1.38 bits per heavy atom. The zero-order valence-corrected chi connectivity index (χ0v) is 10.5. The van der Waals surface area contributed by atoms with Crippen molar-refractivity contribution in [2.75, 3.05) is 46.9 Å². The maximum absolute atomic E-state index is 5.44. The number of likely N-dealkylation sites (N-methyl/N-ethyl adjacent to an activating group) is 2. The van der Waals surface area contributed by atoms with Crippen molar-refractivity contribution >= 4 is 0 Å². The Labute approximate surface area is 98.7 Å². The summed E-state index contributed by atoms with van der Waals surface area (Å²) in [6.07, 6.45) is 2.40. The Bertz CT molecular complexity index is 206. The molecule has 94 valence electrons. The molecule has 0 saturated carbocycles. The summed E-state index contributed by atoms with van der Waals surface area (Å²) in [6.45, 7) is 5.31. The van der Waals surface area contributed by atoms with Crippen LogP contribution in [0.3, 0.4) is 0 Å². The maximum atomic E-state index is 5.44. The van der Waals surface area contributed by atoms with Crippen molar-refractivity contribution in [1.82, 2.24) is 15.5 Å². The molecule has 2 unspecified atom stereocenters. The van der Waals surface area contributed by atoms with E-state index in [1.165, 1.54) is 19.4 Å². The van der Waals surface area contributed by atoms with E-state index in [2.05, 4.69) is 29.6 Å². The van der Waals surface area contributed by atoms with Gasteiger partial charge in [-0.05, 0) is 32.9 Å². The smallest absolute Gasteiger partial charge is 0.0469 e. The maximum Gasteiger partial charge on any atom is 0.0469 e. The van der Waals surface area contributed by atoms with Gasteiger partial charge in [0.1, 0.15) is 0 Å². The summed E-state index contributed by atoms with van der Waals surface area (Å²) < 4.78 is 5.44. The van der Waals surface area contributed by atoms with Crippen LogP contribution in [0.1, 0.15) is 12.8 Å². The lowest BCUT2D eigenvalue weighted by Gasteiger charge is -2.40. The summed E-state index contributed by atoms with van der Waals surface area (Å²) >= 11 is 0. The molecule has 0 amide bonds. The van der Waals surface area contributed by atoms with Crippen LogP contribution in [-0.2, 0) is 4.74 Å². The lowest BCUT2D eigenvalue weighted by molar-refractivity contribution is 0.0442. The molecule has 2 N–H and O–H groups in total. The van der Waals surface area contributed by atoms with E-state index in [0.717, 1.165) is 32.2 Å². The number of rotatable bonds is 3. The molecular weight excluding hydrogens is 202 g/mol. The summed E-state index contributed by atoms with van der Waals surface area (Å²) in [5.41, 5.74) is 0. The van der Waals surface area contributed by atoms with Crippen LogP contribution in [0, 0.1) is 5.92 Å². The van der Waals surface area contributed by atoms with Crippen molar-refractivity contribution in [2.45, 2.75) is 24.9 Å². The fourth-order valence-electron chi connectivity index (χ4n) is 3.01. The van der Waals surface area contributed by atoms with Gasteiger partial charge in [0.15, 0.2) is 0 Å². The zero-order valence-electron chi connectivity index (χ0n) is 10.5. The summed E-state index contributed by atoms with van der Waals surface area (Å²) in [6, 6.07) is 1.18. The van der Waals surface area contributed by atoms with E-state index >= 15 is 0 Å². The molecule has 0 aromatic carbocycles. The zero-order chi connectivity index (χ0) is 11.4. The van der Waals surface area contributed by atoms with Crippen LogP contribution in [0.4, 0.5) is 0 Å². The SMILES string of the molecule is CNC(C1CCOCC1)C1CN(C)CCN1. The predicted octanol–water partition coefficient (Wildman–Crippen LogP) is -0.0954. The Kier molecular flexibility index (Phi) is 4.58. The van der Waals surface area contributed by atoms with Crippen molar-refractivity contribution in [2.24, 2.45) is 5.92 Å². The van der Waals surface area contributed by atoms with E-state index in [1.54, 1.807) is 0 Å². The van der Waals surface area contributed by atoms with Crippen LogP contribution in [0.15, 0.2) is 0 Å². The molecule has 16 heavy (non-hydrogen) atoms. The van der Waals surface area contributed by atoms with Crippen LogP contribution < -0.4 is 10.6 Å². The van der Waals surface area contributed by atoms with Gasteiger partial charge in [-0.15, -0.1) is 0 Å². The van der Waals surface area contributed by atoms with Crippen molar-refractivity contribution in [3.05, 3.63) is 0 Å². The highest BCUT2D eigenvalue weighted by atomic mass is 16.5.